The highest BCUT2D eigenvalue weighted by Crippen LogP contribution is 2.40. The molecule has 0 radical (unpaired) electrons. The first kappa shape index (κ1) is 14.6. The molecule has 1 spiro atoms. The third-order valence-electron chi connectivity index (χ3n) is 3.42. The third kappa shape index (κ3) is 3.04. The zero-order chi connectivity index (χ0) is 14.1. The molecule has 1 saturated carbocycles. The van der Waals surface area contributed by atoms with E-state index in [1.165, 1.54) is 0 Å². The third-order valence-corrected chi connectivity index (χ3v) is 3.42. The largest absolute Gasteiger partial charge is 0.452 e. The number of esters is 1. The number of carbonyl (C=O) groups excluding carboxylic acids is 1. The molecule has 2 aliphatic rings. The zero-order valence-electron chi connectivity index (χ0n) is 10.7. The van der Waals surface area contributed by atoms with Crippen LogP contribution in [-0.4, -0.2) is 48.2 Å². The van der Waals surface area contributed by atoms with Crippen molar-refractivity contribution in [3.05, 3.63) is 0 Å². The van der Waals surface area contributed by atoms with Crippen LogP contribution in [0.15, 0.2) is 0 Å². The first-order valence-corrected chi connectivity index (χ1v) is 6.39. The van der Waals surface area contributed by atoms with Crippen LogP contribution in [0.1, 0.15) is 32.6 Å². The van der Waals surface area contributed by atoms with Gasteiger partial charge in [-0.3, -0.25) is 0 Å². The molecular weight excluding hydrogens is 262 g/mol. The summed E-state index contributed by atoms with van der Waals surface area (Å²) in [5, 5.41) is 9.04. The summed E-state index contributed by atoms with van der Waals surface area (Å²) in [7, 11) is 0. The summed E-state index contributed by atoms with van der Waals surface area (Å²) < 4.78 is 41.7. The van der Waals surface area contributed by atoms with Crippen molar-refractivity contribution in [3.8, 4) is 0 Å². The highest BCUT2D eigenvalue weighted by atomic mass is 19.3. The Morgan fingerprint density at radius 3 is 2.84 bits per heavy atom. The van der Waals surface area contributed by atoms with Crippen molar-refractivity contribution >= 4 is 5.97 Å². The average molecular weight is 280 g/mol. The molecular formula is C12H18F2O5. The standard InChI is InChI=1S/C12H18F2O5/c1-11(13,14)10(16)18-9-4-2-3-5-12(9)17-7-8(6-15)19-12/h8-9,15H,2-7H2,1H3. The van der Waals surface area contributed by atoms with Gasteiger partial charge in [0, 0.05) is 13.3 Å². The van der Waals surface area contributed by atoms with E-state index >= 15 is 0 Å². The smallest absolute Gasteiger partial charge is 0.377 e. The van der Waals surface area contributed by atoms with Gasteiger partial charge in [0.2, 0.25) is 5.79 Å². The molecule has 3 atom stereocenters. The number of rotatable bonds is 3. The van der Waals surface area contributed by atoms with Crippen LogP contribution in [-0.2, 0) is 19.0 Å². The number of aliphatic hydroxyl groups excluding tert-OH is 1. The summed E-state index contributed by atoms with van der Waals surface area (Å²) in [6.45, 7) is 0.456. The van der Waals surface area contributed by atoms with Gasteiger partial charge in [0.1, 0.15) is 6.10 Å². The van der Waals surface area contributed by atoms with E-state index in [1.807, 2.05) is 0 Å². The Morgan fingerprint density at radius 2 is 2.26 bits per heavy atom. The lowest BCUT2D eigenvalue weighted by Crippen LogP contribution is -2.50. The maximum absolute atomic E-state index is 12.9. The maximum atomic E-state index is 12.9. The highest BCUT2D eigenvalue weighted by Gasteiger charge is 2.52. The normalized spacial score (nSPS) is 35.6. The number of ether oxygens (including phenoxy) is 3. The fraction of sp³-hybridized carbons (Fsp3) is 0.917. The van der Waals surface area contributed by atoms with Crippen molar-refractivity contribution in [1.82, 2.24) is 0 Å². The molecule has 1 saturated heterocycles. The molecule has 110 valence electrons. The number of carbonyl (C=O) groups is 1. The van der Waals surface area contributed by atoms with E-state index in [4.69, 9.17) is 19.3 Å². The summed E-state index contributed by atoms with van der Waals surface area (Å²) in [6.07, 6.45) is 1.09. The van der Waals surface area contributed by atoms with Crippen molar-refractivity contribution in [2.75, 3.05) is 13.2 Å². The molecule has 2 rings (SSSR count). The summed E-state index contributed by atoms with van der Waals surface area (Å²) in [5.41, 5.74) is 0. The van der Waals surface area contributed by atoms with Crippen LogP contribution in [0.2, 0.25) is 0 Å². The molecule has 5 nitrogen and oxygen atoms in total. The van der Waals surface area contributed by atoms with Crippen LogP contribution in [0.3, 0.4) is 0 Å². The van der Waals surface area contributed by atoms with Crippen molar-refractivity contribution in [1.29, 1.82) is 0 Å². The number of alkyl halides is 2. The van der Waals surface area contributed by atoms with Crippen LogP contribution in [0.4, 0.5) is 8.78 Å². The zero-order valence-corrected chi connectivity index (χ0v) is 10.7. The minimum atomic E-state index is -3.53. The van der Waals surface area contributed by atoms with E-state index < -0.39 is 29.9 Å². The molecule has 0 bridgehead atoms. The fourth-order valence-corrected chi connectivity index (χ4v) is 2.44. The Hall–Kier alpha value is -0.790. The topological polar surface area (TPSA) is 65.0 Å². The molecule has 3 unspecified atom stereocenters. The summed E-state index contributed by atoms with van der Waals surface area (Å²) in [5.74, 6) is -6.28. The van der Waals surface area contributed by atoms with Crippen LogP contribution in [0, 0.1) is 0 Å². The summed E-state index contributed by atoms with van der Waals surface area (Å²) in [4.78, 5) is 11.3. The second kappa shape index (κ2) is 5.30. The molecule has 0 amide bonds. The van der Waals surface area contributed by atoms with Crippen molar-refractivity contribution in [2.24, 2.45) is 0 Å². The molecule has 0 aromatic heterocycles. The van der Waals surface area contributed by atoms with Gasteiger partial charge in [-0.1, -0.05) is 0 Å². The SMILES string of the molecule is CC(F)(F)C(=O)OC1CCCCC12OCC(CO)O2. The van der Waals surface area contributed by atoms with E-state index in [2.05, 4.69) is 0 Å². The number of halogens is 2. The number of hydrogen-bond acceptors (Lipinski definition) is 5. The molecule has 1 aliphatic carbocycles. The van der Waals surface area contributed by atoms with Crippen LogP contribution in [0.25, 0.3) is 0 Å². The molecule has 2 fully saturated rings. The Kier molecular flexibility index (Phi) is 4.08. The second-order valence-electron chi connectivity index (χ2n) is 5.07. The maximum Gasteiger partial charge on any atom is 0.377 e. The second-order valence-corrected chi connectivity index (χ2v) is 5.07. The molecule has 0 aromatic carbocycles. The first-order valence-electron chi connectivity index (χ1n) is 6.39. The lowest BCUT2D eigenvalue weighted by atomic mass is 9.91. The average Bonchev–Trinajstić information content (AvgIpc) is 2.75. The van der Waals surface area contributed by atoms with Crippen LogP contribution >= 0.6 is 0 Å². The van der Waals surface area contributed by atoms with Gasteiger partial charge in [-0.2, -0.15) is 8.78 Å². The van der Waals surface area contributed by atoms with E-state index in [-0.39, 0.29) is 13.2 Å². The highest BCUT2D eigenvalue weighted by molar-refractivity contribution is 5.77. The Balaban J connectivity index is 2.07. The predicted molar refractivity (Wildman–Crippen MR) is 59.6 cm³/mol. The minimum Gasteiger partial charge on any atom is -0.452 e. The number of hydrogen-bond donors (Lipinski definition) is 1. The molecule has 19 heavy (non-hydrogen) atoms. The summed E-state index contributed by atoms with van der Waals surface area (Å²) in [6, 6.07) is 0. The molecule has 1 aliphatic heterocycles. The van der Waals surface area contributed by atoms with Crippen molar-refractivity contribution in [2.45, 2.75) is 56.5 Å². The first-order chi connectivity index (χ1) is 8.87. The van der Waals surface area contributed by atoms with Gasteiger partial charge in [-0.25, -0.2) is 4.79 Å². The van der Waals surface area contributed by atoms with Gasteiger partial charge in [0.15, 0.2) is 6.10 Å². The van der Waals surface area contributed by atoms with E-state index in [0.29, 0.717) is 19.8 Å². The van der Waals surface area contributed by atoms with Crippen molar-refractivity contribution < 1.29 is 32.9 Å². The monoisotopic (exact) mass is 280 g/mol. The van der Waals surface area contributed by atoms with Gasteiger partial charge in [0.25, 0.3) is 0 Å². The van der Waals surface area contributed by atoms with E-state index in [9.17, 15) is 13.6 Å². The van der Waals surface area contributed by atoms with Gasteiger partial charge >= 0.3 is 11.9 Å². The Bertz CT molecular complexity index is 344. The van der Waals surface area contributed by atoms with Gasteiger partial charge in [-0.15, -0.1) is 0 Å². The number of aliphatic hydroxyl groups is 1. The van der Waals surface area contributed by atoms with Gasteiger partial charge in [0.05, 0.1) is 13.2 Å². The Morgan fingerprint density at radius 1 is 1.53 bits per heavy atom. The van der Waals surface area contributed by atoms with E-state index in [1.54, 1.807) is 0 Å². The lowest BCUT2D eigenvalue weighted by molar-refractivity contribution is -0.259. The summed E-state index contributed by atoms with van der Waals surface area (Å²) >= 11 is 0. The predicted octanol–water partition coefficient (Wildman–Crippen LogP) is 1.23. The van der Waals surface area contributed by atoms with Crippen molar-refractivity contribution in [3.63, 3.8) is 0 Å². The minimum absolute atomic E-state index is 0.174. The van der Waals surface area contributed by atoms with Gasteiger partial charge < -0.3 is 19.3 Å². The quantitative estimate of drug-likeness (QED) is 0.788. The Labute approximate surface area is 109 Å². The van der Waals surface area contributed by atoms with Gasteiger partial charge in [-0.05, 0) is 19.3 Å². The molecule has 1 N–H and O–H groups in total. The molecule has 7 heteroatoms. The van der Waals surface area contributed by atoms with Crippen LogP contribution < -0.4 is 0 Å². The lowest BCUT2D eigenvalue weighted by Gasteiger charge is -2.39. The molecule has 0 aromatic rings. The van der Waals surface area contributed by atoms with E-state index in [0.717, 1.165) is 12.8 Å². The van der Waals surface area contributed by atoms with Crippen LogP contribution in [0.5, 0.6) is 0 Å². The fourth-order valence-electron chi connectivity index (χ4n) is 2.44. The molecule has 1 heterocycles.